The highest BCUT2D eigenvalue weighted by Gasteiger charge is 2.47. The predicted molar refractivity (Wildman–Crippen MR) is 116 cm³/mol. The van der Waals surface area contributed by atoms with Crippen LogP contribution >= 0.6 is 22.6 Å². The monoisotopic (exact) mass is 451 g/mol. The van der Waals surface area contributed by atoms with E-state index in [0.717, 1.165) is 5.84 Å². The quantitative estimate of drug-likeness (QED) is 0.169. The third-order valence-corrected chi connectivity index (χ3v) is 5.47. The van der Waals surface area contributed by atoms with Gasteiger partial charge in [0.1, 0.15) is 6.21 Å². The number of alkyl halides is 1. The van der Waals surface area contributed by atoms with Gasteiger partial charge in [0, 0.05) is 23.6 Å². The molecule has 0 fully saturated rings. The van der Waals surface area contributed by atoms with Gasteiger partial charge in [-0.15, -0.1) is 0 Å². The molecule has 26 heavy (non-hydrogen) atoms. The average Bonchev–Trinajstić information content (AvgIpc) is 3.03. The fraction of sp³-hybridized carbons (Fsp3) is 0.130. The van der Waals surface area contributed by atoms with E-state index in [1.807, 2.05) is 0 Å². The lowest BCUT2D eigenvalue weighted by Gasteiger charge is -2.34. The molecule has 0 aliphatic carbocycles. The summed E-state index contributed by atoms with van der Waals surface area (Å²) in [4.78, 5) is 4.79. The molecular weight excluding hydrogens is 431 g/mol. The summed E-state index contributed by atoms with van der Waals surface area (Å²) in [6.45, 7) is 2.10. The Bertz CT molecular complexity index is 851. The van der Waals surface area contributed by atoms with Crippen LogP contribution in [0.5, 0.6) is 0 Å². The molecule has 0 N–H and O–H groups in total. The topological polar surface area (TPSA) is 15.4 Å². The molecule has 3 aromatic carbocycles. The third kappa shape index (κ3) is 2.80. The van der Waals surface area contributed by atoms with Crippen molar-refractivity contribution in [3.8, 4) is 0 Å². The SMILES string of the molecule is CC1=NC(I)C=[N+]1C(c1ccccc1)(c1ccccc1)c1ccccc1. The molecule has 1 atom stereocenters. The van der Waals surface area contributed by atoms with Crippen LogP contribution in [0.25, 0.3) is 0 Å². The molecule has 0 bridgehead atoms. The molecule has 0 saturated carbocycles. The standard InChI is InChI=1S/C23H20IN2/c1-18-25-22(24)17-26(18)23(19-11-5-2-6-12-19,20-13-7-3-8-14-20)21-15-9-4-10-16-21/h2-17,22H,1H3/q+1. The molecule has 0 saturated heterocycles. The van der Waals surface area contributed by atoms with Crippen LogP contribution in [0.4, 0.5) is 0 Å². The molecule has 128 valence electrons. The summed E-state index contributed by atoms with van der Waals surface area (Å²) in [7, 11) is 0. The molecule has 1 aliphatic heterocycles. The Morgan fingerprint density at radius 1 is 0.731 bits per heavy atom. The van der Waals surface area contributed by atoms with E-state index >= 15 is 0 Å². The van der Waals surface area contributed by atoms with E-state index in [1.165, 1.54) is 16.7 Å². The molecule has 4 rings (SSSR count). The maximum absolute atomic E-state index is 4.79. The van der Waals surface area contributed by atoms with Crippen LogP contribution < -0.4 is 0 Å². The van der Waals surface area contributed by atoms with E-state index in [-0.39, 0.29) is 4.05 Å². The fourth-order valence-electron chi connectivity index (χ4n) is 3.81. The molecule has 3 heteroatoms. The smallest absolute Gasteiger partial charge is 0.216 e. The summed E-state index contributed by atoms with van der Waals surface area (Å²) < 4.78 is 2.48. The van der Waals surface area contributed by atoms with Crippen LogP contribution in [0.15, 0.2) is 96.0 Å². The first-order valence-electron chi connectivity index (χ1n) is 8.72. The third-order valence-electron chi connectivity index (χ3n) is 4.87. The lowest BCUT2D eigenvalue weighted by molar-refractivity contribution is -0.481. The molecule has 1 unspecified atom stereocenters. The van der Waals surface area contributed by atoms with Gasteiger partial charge >= 0.3 is 0 Å². The zero-order valence-electron chi connectivity index (χ0n) is 14.6. The number of nitrogens with zero attached hydrogens (tertiary/aromatic N) is 2. The summed E-state index contributed by atoms with van der Waals surface area (Å²) in [5.41, 5.74) is 3.24. The Hall–Kier alpha value is -2.27. The second-order valence-electron chi connectivity index (χ2n) is 6.38. The van der Waals surface area contributed by atoms with Gasteiger partial charge in [0.05, 0.1) is 0 Å². The molecule has 0 spiro atoms. The highest BCUT2D eigenvalue weighted by Crippen LogP contribution is 2.41. The number of aliphatic imine (C=N–C) groups is 1. The second kappa shape index (κ2) is 7.16. The van der Waals surface area contributed by atoms with Crippen LogP contribution in [0, 0.1) is 0 Å². The zero-order chi connectivity index (χ0) is 18.0. The number of hydrogen-bond donors (Lipinski definition) is 0. The molecule has 3 aromatic rings. The van der Waals surface area contributed by atoms with Gasteiger partial charge in [-0.25, -0.2) is 4.58 Å². The lowest BCUT2D eigenvalue weighted by atomic mass is 9.76. The van der Waals surface area contributed by atoms with Crippen molar-refractivity contribution in [3.05, 3.63) is 108 Å². The minimum absolute atomic E-state index is 0.142. The van der Waals surface area contributed by atoms with Gasteiger partial charge in [-0.1, -0.05) is 96.0 Å². The Morgan fingerprint density at radius 3 is 1.42 bits per heavy atom. The predicted octanol–water partition coefficient (Wildman–Crippen LogP) is 5.25. The van der Waals surface area contributed by atoms with E-state index in [2.05, 4.69) is 131 Å². The number of rotatable bonds is 4. The summed E-state index contributed by atoms with van der Waals surface area (Å²) in [5, 5.41) is 0. The van der Waals surface area contributed by atoms with Gasteiger partial charge < -0.3 is 0 Å². The maximum Gasteiger partial charge on any atom is 0.292 e. The average molecular weight is 451 g/mol. The first-order chi connectivity index (χ1) is 12.7. The van der Waals surface area contributed by atoms with Gasteiger partial charge in [-0.05, 0) is 22.6 Å². The van der Waals surface area contributed by atoms with Crippen molar-refractivity contribution < 1.29 is 4.58 Å². The van der Waals surface area contributed by atoms with Crippen molar-refractivity contribution in [2.45, 2.75) is 16.5 Å². The van der Waals surface area contributed by atoms with Crippen molar-refractivity contribution >= 4 is 34.6 Å². The summed E-state index contributed by atoms with van der Waals surface area (Å²) >= 11 is 2.38. The van der Waals surface area contributed by atoms with Gasteiger partial charge in [0.2, 0.25) is 4.05 Å². The van der Waals surface area contributed by atoms with E-state index in [4.69, 9.17) is 4.99 Å². The van der Waals surface area contributed by atoms with Crippen molar-refractivity contribution in [3.63, 3.8) is 0 Å². The largest absolute Gasteiger partial charge is 0.292 e. The fourth-order valence-corrected chi connectivity index (χ4v) is 4.54. The van der Waals surface area contributed by atoms with Crippen LogP contribution in [0.2, 0.25) is 0 Å². The highest BCUT2D eigenvalue weighted by atomic mass is 127. The number of hydrogen-bond acceptors (Lipinski definition) is 1. The Kier molecular flexibility index (Phi) is 4.72. The zero-order valence-corrected chi connectivity index (χ0v) is 16.7. The molecule has 1 aliphatic rings. The molecule has 1 heterocycles. The first kappa shape index (κ1) is 17.2. The van der Waals surface area contributed by atoms with Gasteiger partial charge in [-0.2, -0.15) is 0 Å². The minimum Gasteiger partial charge on any atom is -0.216 e. The van der Waals surface area contributed by atoms with Crippen molar-refractivity contribution in [1.82, 2.24) is 0 Å². The van der Waals surface area contributed by atoms with Crippen LogP contribution in [0.3, 0.4) is 0 Å². The van der Waals surface area contributed by atoms with Gasteiger partial charge in [-0.3, -0.25) is 0 Å². The molecule has 0 amide bonds. The lowest BCUT2D eigenvalue weighted by Crippen LogP contribution is -2.43. The summed E-state index contributed by atoms with van der Waals surface area (Å²) in [6.07, 6.45) is 2.23. The van der Waals surface area contributed by atoms with Gasteiger partial charge in [0.15, 0.2) is 5.54 Å². The van der Waals surface area contributed by atoms with Gasteiger partial charge in [0.25, 0.3) is 5.84 Å². The normalized spacial score (nSPS) is 16.9. The van der Waals surface area contributed by atoms with Crippen LogP contribution in [0.1, 0.15) is 23.6 Å². The van der Waals surface area contributed by atoms with E-state index in [9.17, 15) is 0 Å². The minimum atomic E-state index is -0.447. The van der Waals surface area contributed by atoms with Crippen molar-refractivity contribution in [1.29, 1.82) is 0 Å². The van der Waals surface area contributed by atoms with E-state index in [0.29, 0.717) is 0 Å². The van der Waals surface area contributed by atoms with Crippen molar-refractivity contribution in [2.24, 2.45) is 4.99 Å². The second-order valence-corrected chi connectivity index (χ2v) is 7.65. The Morgan fingerprint density at radius 2 is 1.12 bits per heavy atom. The molecule has 2 nitrogen and oxygen atoms in total. The molecular formula is C23H20IN2+. The van der Waals surface area contributed by atoms with E-state index in [1.54, 1.807) is 0 Å². The molecule has 0 radical (unpaired) electrons. The number of amidine groups is 1. The van der Waals surface area contributed by atoms with Crippen LogP contribution in [-0.4, -0.2) is 20.7 Å². The highest BCUT2D eigenvalue weighted by molar-refractivity contribution is 14.1. The first-order valence-corrected chi connectivity index (χ1v) is 9.97. The number of benzene rings is 3. The Balaban J connectivity index is 2.12. The van der Waals surface area contributed by atoms with E-state index < -0.39 is 5.54 Å². The Labute approximate surface area is 168 Å². The number of halogens is 1. The van der Waals surface area contributed by atoms with Crippen molar-refractivity contribution in [2.75, 3.05) is 0 Å². The molecule has 0 aromatic heterocycles. The summed E-state index contributed by atoms with van der Waals surface area (Å²) in [6, 6.07) is 32.1. The summed E-state index contributed by atoms with van der Waals surface area (Å²) in [5.74, 6) is 1.03. The van der Waals surface area contributed by atoms with Crippen LogP contribution in [-0.2, 0) is 5.54 Å². The maximum atomic E-state index is 4.79.